The van der Waals surface area contributed by atoms with Crippen molar-refractivity contribution in [2.75, 3.05) is 14.2 Å². The smallest absolute Gasteiger partial charge is 0.287 e. The Morgan fingerprint density at radius 1 is 0.950 bits per heavy atom. The zero-order valence-corrected chi connectivity index (χ0v) is 11.8. The maximum atomic E-state index is 5.36. The van der Waals surface area contributed by atoms with Crippen molar-refractivity contribution in [1.82, 2.24) is 4.98 Å². The summed E-state index contributed by atoms with van der Waals surface area (Å²) in [6.07, 6.45) is 0. The third-order valence-electron chi connectivity index (χ3n) is 3.51. The topological polar surface area (TPSA) is 38.1 Å². The molecule has 0 bridgehead atoms. The number of methoxy groups -OCH3 is 2. The average Bonchev–Trinajstić information content (AvgIpc) is 2.84. The van der Waals surface area contributed by atoms with E-state index in [1.807, 2.05) is 37.4 Å². The van der Waals surface area contributed by atoms with Crippen molar-refractivity contribution in [3.05, 3.63) is 42.5 Å². The number of nitrogens with zero attached hydrogens (tertiary/aromatic N) is 1. The fourth-order valence-electron chi connectivity index (χ4n) is 2.45. The highest BCUT2D eigenvalue weighted by Crippen LogP contribution is 2.31. The Morgan fingerprint density at radius 3 is 2.40 bits per heavy atom. The summed E-state index contributed by atoms with van der Waals surface area (Å²) >= 11 is 0. The van der Waals surface area contributed by atoms with E-state index in [1.165, 1.54) is 0 Å². The Bertz CT molecular complexity index is 762. The van der Waals surface area contributed by atoms with Crippen LogP contribution in [-0.4, -0.2) is 19.2 Å². The molecule has 1 N–H and O–H groups in total. The van der Waals surface area contributed by atoms with Gasteiger partial charge < -0.3 is 9.47 Å². The molecule has 1 aromatic heterocycles. The predicted octanol–water partition coefficient (Wildman–Crippen LogP) is 2.68. The summed E-state index contributed by atoms with van der Waals surface area (Å²) in [5.74, 6) is 2.49. The van der Waals surface area contributed by atoms with Crippen molar-refractivity contribution in [3.8, 4) is 22.9 Å². The first-order valence-corrected chi connectivity index (χ1v) is 6.43. The van der Waals surface area contributed by atoms with Gasteiger partial charge in [0, 0.05) is 0 Å². The van der Waals surface area contributed by atoms with Crippen LogP contribution in [0.4, 0.5) is 0 Å². The van der Waals surface area contributed by atoms with E-state index in [1.54, 1.807) is 14.2 Å². The second-order valence-corrected chi connectivity index (χ2v) is 4.62. The zero-order valence-electron chi connectivity index (χ0n) is 11.8. The van der Waals surface area contributed by atoms with Crippen LogP contribution in [0.15, 0.2) is 42.5 Å². The van der Waals surface area contributed by atoms with Crippen LogP contribution in [0.1, 0.15) is 0 Å². The van der Waals surface area contributed by atoms with Gasteiger partial charge in [0.05, 0.1) is 26.8 Å². The monoisotopic (exact) mass is 269 g/mol. The van der Waals surface area contributed by atoms with Crippen LogP contribution < -0.4 is 14.0 Å². The van der Waals surface area contributed by atoms with E-state index in [0.717, 1.165) is 33.9 Å². The molecular weight excluding hydrogens is 252 g/mol. The number of fused-ring (bicyclic) bond motifs is 1. The summed E-state index contributed by atoms with van der Waals surface area (Å²) in [5, 5.41) is 0. The Kier molecular flexibility index (Phi) is 3.06. The van der Waals surface area contributed by atoms with Gasteiger partial charge in [-0.2, -0.15) is 0 Å². The minimum Gasteiger partial charge on any atom is -0.493 e. The molecule has 0 saturated carbocycles. The molecular formula is C16H17N2O2+. The van der Waals surface area contributed by atoms with Crippen molar-refractivity contribution < 1.29 is 14.0 Å². The predicted molar refractivity (Wildman–Crippen MR) is 78.0 cm³/mol. The van der Waals surface area contributed by atoms with E-state index in [4.69, 9.17) is 9.47 Å². The number of nitrogens with one attached hydrogen (secondary N) is 1. The normalized spacial score (nSPS) is 10.8. The molecule has 20 heavy (non-hydrogen) atoms. The molecule has 0 amide bonds. The van der Waals surface area contributed by atoms with Gasteiger partial charge in [0.25, 0.3) is 5.82 Å². The molecule has 3 rings (SSSR count). The van der Waals surface area contributed by atoms with Gasteiger partial charge in [-0.3, -0.25) is 0 Å². The van der Waals surface area contributed by atoms with Crippen molar-refractivity contribution in [1.29, 1.82) is 0 Å². The molecule has 0 aliphatic heterocycles. The molecule has 0 saturated heterocycles. The first kappa shape index (κ1) is 12.5. The standard InChI is InChI=1S/C16H16N2O2/c1-18-13-7-5-4-6-12(13)17-16(18)11-8-9-14(19-2)15(10-11)20-3/h4-10H,1-3H3/p+1. The molecule has 0 radical (unpaired) electrons. The number of aromatic amines is 1. The lowest BCUT2D eigenvalue weighted by Crippen LogP contribution is -2.28. The van der Waals surface area contributed by atoms with Crippen molar-refractivity contribution in [2.24, 2.45) is 7.05 Å². The first-order valence-electron chi connectivity index (χ1n) is 6.43. The maximum Gasteiger partial charge on any atom is 0.287 e. The van der Waals surface area contributed by atoms with Crippen LogP contribution in [0.2, 0.25) is 0 Å². The van der Waals surface area contributed by atoms with E-state index in [9.17, 15) is 0 Å². The number of hydrogen-bond acceptors (Lipinski definition) is 2. The third-order valence-corrected chi connectivity index (χ3v) is 3.51. The Balaban J connectivity index is 2.18. The number of rotatable bonds is 3. The number of ether oxygens (including phenoxy) is 2. The SMILES string of the molecule is COc1ccc(-c2[nH]c3ccccc3[n+]2C)cc1OC. The molecule has 0 spiro atoms. The number of H-pyrrole nitrogens is 1. The van der Waals surface area contributed by atoms with E-state index in [0.29, 0.717) is 0 Å². The van der Waals surface area contributed by atoms with Gasteiger partial charge in [-0.05, 0) is 30.3 Å². The Labute approximate surface area is 117 Å². The number of benzene rings is 2. The Hall–Kier alpha value is -2.49. The van der Waals surface area contributed by atoms with Gasteiger partial charge in [0.2, 0.25) is 0 Å². The fourth-order valence-corrected chi connectivity index (χ4v) is 2.45. The van der Waals surface area contributed by atoms with Crippen LogP contribution in [0, 0.1) is 0 Å². The van der Waals surface area contributed by atoms with Crippen LogP contribution in [0.25, 0.3) is 22.4 Å². The molecule has 102 valence electrons. The lowest BCUT2D eigenvalue weighted by Gasteiger charge is -2.07. The molecule has 4 heteroatoms. The number of aromatic nitrogens is 2. The number of para-hydroxylation sites is 2. The number of hydrogen-bond donors (Lipinski definition) is 1. The van der Waals surface area contributed by atoms with Gasteiger partial charge in [-0.25, -0.2) is 9.55 Å². The second kappa shape index (κ2) is 4.89. The minimum absolute atomic E-state index is 0.726. The minimum atomic E-state index is 0.726. The van der Waals surface area contributed by atoms with Crippen LogP contribution in [-0.2, 0) is 7.05 Å². The first-order chi connectivity index (χ1) is 9.74. The molecule has 0 unspecified atom stereocenters. The number of imidazole rings is 1. The Morgan fingerprint density at radius 2 is 1.70 bits per heavy atom. The summed E-state index contributed by atoms with van der Waals surface area (Å²) in [6.45, 7) is 0. The maximum absolute atomic E-state index is 5.36. The van der Waals surface area contributed by atoms with Crippen molar-refractivity contribution in [2.45, 2.75) is 0 Å². The van der Waals surface area contributed by atoms with E-state index in [-0.39, 0.29) is 0 Å². The number of aryl methyl sites for hydroxylation is 1. The molecule has 0 atom stereocenters. The van der Waals surface area contributed by atoms with E-state index < -0.39 is 0 Å². The van der Waals surface area contributed by atoms with Crippen LogP contribution in [0.3, 0.4) is 0 Å². The van der Waals surface area contributed by atoms with Crippen molar-refractivity contribution in [3.63, 3.8) is 0 Å². The van der Waals surface area contributed by atoms with Crippen LogP contribution >= 0.6 is 0 Å². The second-order valence-electron chi connectivity index (χ2n) is 4.62. The molecule has 0 fully saturated rings. The van der Waals surface area contributed by atoms with Gasteiger partial charge in [0.1, 0.15) is 0 Å². The fraction of sp³-hybridized carbons (Fsp3) is 0.188. The quantitative estimate of drug-likeness (QED) is 0.742. The van der Waals surface area contributed by atoms with E-state index >= 15 is 0 Å². The largest absolute Gasteiger partial charge is 0.493 e. The van der Waals surface area contributed by atoms with Crippen molar-refractivity contribution >= 4 is 11.0 Å². The lowest BCUT2D eigenvalue weighted by molar-refractivity contribution is -0.633. The summed E-state index contributed by atoms with van der Waals surface area (Å²) in [5.41, 5.74) is 3.33. The van der Waals surface area contributed by atoms with Gasteiger partial charge in [0.15, 0.2) is 22.5 Å². The van der Waals surface area contributed by atoms with Crippen LogP contribution in [0.5, 0.6) is 11.5 Å². The third kappa shape index (κ3) is 1.90. The molecule has 3 aromatic rings. The molecule has 0 aliphatic carbocycles. The highest BCUT2D eigenvalue weighted by molar-refractivity contribution is 5.75. The molecule has 2 aromatic carbocycles. The van der Waals surface area contributed by atoms with Gasteiger partial charge >= 0.3 is 0 Å². The van der Waals surface area contributed by atoms with E-state index in [2.05, 4.69) is 21.7 Å². The summed E-state index contributed by atoms with van der Waals surface area (Å²) < 4.78 is 12.8. The molecule has 0 aliphatic rings. The average molecular weight is 269 g/mol. The summed E-state index contributed by atoms with van der Waals surface area (Å²) in [6, 6.07) is 14.1. The molecule has 1 heterocycles. The highest BCUT2D eigenvalue weighted by Gasteiger charge is 2.18. The van der Waals surface area contributed by atoms with Gasteiger partial charge in [-0.15, -0.1) is 0 Å². The molecule has 4 nitrogen and oxygen atoms in total. The van der Waals surface area contributed by atoms with Gasteiger partial charge in [-0.1, -0.05) is 12.1 Å². The summed E-state index contributed by atoms with van der Waals surface area (Å²) in [7, 11) is 5.33. The lowest BCUT2D eigenvalue weighted by atomic mass is 10.2. The summed E-state index contributed by atoms with van der Waals surface area (Å²) in [4.78, 5) is 3.44. The highest BCUT2D eigenvalue weighted by atomic mass is 16.5. The zero-order chi connectivity index (χ0) is 14.1.